The fourth-order valence-electron chi connectivity index (χ4n) is 3.21. The first-order valence-electron chi connectivity index (χ1n) is 8.12. The predicted molar refractivity (Wildman–Crippen MR) is 84.7 cm³/mol. The Bertz CT molecular complexity index is 822. The molecule has 1 aromatic heterocycles. The van der Waals surface area contributed by atoms with Crippen LogP contribution in [0.25, 0.3) is 0 Å². The van der Waals surface area contributed by atoms with Gasteiger partial charge in [-0.1, -0.05) is 24.3 Å². The first-order chi connectivity index (χ1) is 11.5. The van der Waals surface area contributed by atoms with Gasteiger partial charge >= 0.3 is 5.97 Å². The van der Waals surface area contributed by atoms with Gasteiger partial charge in [-0.2, -0.15) is 0 Å². The lowest BCUT2D eigenvalue weighted by atomic mass is 9.93. The van der Waals surface area contributed by atoms with E-state index < -0.39 is 17.9 Å². The minimum absolute atomic E-state index is 0.169. The topological polar surface area (TPSA) is 83.6 Å². The van der Waals surface area contributed by atoms with Gasteiger partial charge < -0.3 is 14.4 Å². The monoisotopic (exact) mass is 326 g/mol. The van der Waals surface area contributed by atoms with Crippen LogP contribution in [-0.2, 0) is 17.8 Å². The molecule has 4 rings (SSSR count). The van der Waals surface area contributed by atoms with E-state index in [0.717, 1.165) is 24.0 Å². The molecule has 0 spiro atoms. The molecule has 1 amide bonds. The van der Waals surface area contributed by atoms with Crippen LogP contribution in [0.4, 0.5) is 0 Å². The van der Waals surface area contributed by atoms with Crippen molar-refractivity contribution >= 4 is 11.9 Å². The highest BCUT2D eigenvalue weighted by atomic mass is 16.4. The number of carbonyl (C=O) groups is 2. The molecule has 2 heterocycles. The number of hydrogen-bond donors (Lipinski definition) is 1. The van der Waals surface area contributed by atoms with E-state index in [1.807, 2.05) is 24.3 Å². The van der Waals surface area contributed by atoms with E-state index in [0.29, 0.717) is 23.9 Å². The van der Waals surface area contributed by atoms with Gasteiger partial charge in [-0.05, 0) is 30.9 Å². The molecule has 0 saturated heterocycles. The summed E-state index contributed by atoms with van der Waals surface area (Å²) in [6, 6.07) is 6.74. The highest BCUT2D eigenvalue weighted by molar-refractivity contribution is 5.95. The Labute approximate surface area is 139 Å². The number of aliphatic carboxylic acids is 1. The smallest absolute Gasteiger partial charge is 0.326 e. The van der Waals surface area contributed by atoms with Gasteiger partial charge in [-0.3, -0.25) is 4.79 Å². The quantitative estimate of drug-likeness (QED) is 0.937. The van der Waals surface area contributed by atoms with Gasteiger partial charge in [0, 0.05) is 18.9 Å². The second kappa shape index (κ2) is 5.47. The molecule has 1 aliphatic heterocycles. The summed E-state index contributed by atoms with van der Waals surface area (Å²) in [4.78, 5) is 30.3. The molecular formula is C18H18N2O4. The van der Waals surface area contributed by atoms with Gasteiger partial charge in [0.1, 0.15) is 6.04 Å². The maximum Gasteiger partial charge on any atom is 0.326 e. The van der Waals surface area contributed by atoms with Crippen molar-refractivity contribution in [2.24, 2.45) is 0 Å². The molecule has 0 bridgehead atoms. The lowest BCUT2D eigenvalue weighted by Crippen LogP contribution is -2.48. The fraction of sp³-hybridized carbons (Fsp3) is 0.389. The van der Waals surface area contributed by atoms with Crippen molar-refractivity contribution in [1.82, 2.24) is 9.88 Å². The van der Waals surface area contributed by atoms with Gasteiger partial charge in [0.2, 0.25) is 5.76 Å². The molecular weight excluding hydrogens is 308 g/mol. The average Bonchev–Trinajstić information content (AvgIpc) is 3.35. The van der Waals surface area contributed by atoms with Crippen LogP contribution in [0.1, 0.15) is 52.0 Å². The number of rotatable bonds is 3. The highest BCUT2D eigenvalue weighted by Crippen LogP contribution is 2.40. The summed E-state index contributed by atoms with van der Waals surface area (Å²) in [5.41, 5.74) is 2.48. The maximum absolute atomic E-state index is 12.9. The van der Waals surface area contributed by atoms with Crippen LogP contribution >= 0.6 is 0 Å². The standard InChI is InChI=1S/C18H18N2O4/c1-10-15(24-16(19-10)11-6-7-11)17(21)20-9-13-5-3-2-4-12(13)8-14(20)18(22)23/h2-5,11,14H,6-9H2,1H3,(H,22,23). The van der Waals surface area contributed by atoms with Crippen molar-refractivity contribution in [1.29, 1.82) is 0 Å². The second-order valence-electron chi connectivity index (χ2n) is 6.50. The Kier molecular flexibility index (Phi) is 3.40. The van der Waals surface area contributed by atoms with Crippen LogP contribution < -0.4 is 0 Å². The number of benzene rings is 1. The van der Waals surface area contributed by atoms with E-state index in [9.17, 15) is 14.7 Å². The van der Waals surface area contributed by atoms with Crippen molar-refractivity contribution in [2.75, 3.05) is 0 Å². The number of oxazole rings is 1. The zero-order valence-electron chi connectivity index (χ0n) is 13.4. The Balaban J connectivity index is 1.68. The molecule has 1 aliphatic carbocycles. The summed E-state index contributed by atoms with van der Waals surface area (Å²) < 4.78 is 5.67. The maximum atomic E-state index is 12.9. The summed E-state index contributed by atoms with van der Waals surface area (Å²) in [6.45, 7) is 2.00. The molecule has 2 aromatic rings. The summed E-state index contributed by atoms with van der Waals surface area (Å²) >= 11 is 0. The molecule has 1 atom stereocenters. The summed E-state index contributed by atoms with van der Waals surface area (Å²) in [6.07, 6.45) is 2.37. The molecule has 6 nitrogen and oxygen atoms in total. The Hall–Kier alpha value is -2.63. The van der Waals surface area contributed by atoms with Gasteiger partial charge in [0.15, 0.2) is 5.89 Å². The lowest BCUT2D eigenvalue weighted by molar-refractivity contribution is -0.142. The van der Waals surface area contributed by atoms with Crippen LogP contribution in [-0.4, -0.2) is 32.9 Å². The lowest BCUT2D eigenvalue weighted by Gasteiger charge is -2.33. The number of hydrogen-bond acceptors (Lipinski definition) is 4. The van der Waals surface area contributed by atoms with E-state index in [1.165, 1.54) is 4.90 Å². The number of aryl methyl sites for hydroxylation is 1. The van der Waals surface area contributed by atoms with Crippen molar-refractivity contribution in [3.8, 4) is 0 Å². The minimum atomic E-state index is -1.00. The molecule has 1 unspecified atom stereocenters. The Morgan fingerprint density at radius 2 is 1.96 bits per heavy atom. The number of fused-ring (bicyclic) bond motifs is 1. The predicted octanol–water partition coefficient (Wildman–Crippen LogP) is 2.51. The molecule has 1 saturated carbocycles. The average molecular weight is 326 g/mol. The van der Waals surface area contributed by atoms with Crippen LogP contribution in [0, 0.1) is 6.92 Å². The van der Waals surface area contributed by atoms with Crippen molar-refractivity contribution < 1.29 is 19.1 Å². The first kappa shape index (κ1) is 14.9. The second-order valence-corrected chi connectivity index (χ2v) is 6.50. The van der Waals surface area contributed by atoms with Gasteiger partial charge in [0.05, 0.1) is 5.69 Å². The van der Waals surface area contributed by atoms with E-state index in [2.05, 4.69) is 4.98 Å². The van der Waals surface area contributed by atoms with Gasteiger partial charge in [-0.15, -0.1) is 0 Å². The van der Waals surface area contributed by atoms with Crippen LogP contribution in [0.5, 0.6) is 0 Å². The largest absolute Gasteiger partial charge is 0.480 e. The number of amides is 1. The first-order valence-corrected chi connectivity index (χ1v) is 8.12. The molecule has 24 heavy (non-hydrogen) atoms. The molecule has 1 aromatic carbocycles. The van der Waals surface area contributed by atoms with Gasteiger partial charge in [0.25, 0.3) is 5.91 Å². The normalized spacial score (nSPS) is 19.9. The highest BCUT2D eigenvalue weighted by Gasteiger charge is 2.38. The third kappa shape index (κ3) is 2.48. The SMILES string of the molecule is Cc1nc(C2CC2)oc1C(=O)N1Cc2ccccc2CC1C(=O)O. The Morgan fingerprint density at radius 1 is 1.25 bits per heavy atom. The fourth-order valence-corrected chi connectivity index (χ4v) is 3.21. The molecule has 6 heteroatoms. The molecule has 124 valence electrons. The molecule has 2 aliphatic rings. The number of carbonyl (C=O) groups excluding carboxylic acids is 1. The number of aromatic nitrogens is 1. The van der Waals surface area contributed by atoms with Crippen molar-refractivity contribution in [2.45, 2.75) is 44.7 Å². The van der Waals surface area contributed by atoms with Crippen LogP contribution in [0.2, 0.25) is 0 Å². The third-order valence-electron chi connectivity index (χ3n) is 4.73. The number of carboxylic acids is 1. The Morgan fingerprint density at radius 3 is 2.62 bits per heavy atom. The minimum Gasteiger partial charge on any atom is -0.480 e. The van der Waals surface area contributed by atoms with Gasteiger partial charge in [-0.25, -0.2) is 9.78 Å². The number of carboxylic acid groups (broad SMARTS) is 1. The molecule has 1 N–H and O–H groups in total. The van der Waals surface area contributed by atoms with E-state index >= 15 is 0 Å². The van der Waals surface area contributed by atoms with E-state index in [-0.39, 0.29) is 12.3 Å². The van der Waals surface area contributed by atoms with Crippen molar-refractivity contribution in [3.05, 3.63) is 52.7 Å². The van der Waals surface area contributed by atoms with Crippen LogP contribution in [0.3, 0.4) is 0 Å². The summed E-state index contributed by atoms with van der Waals surface area (Å²) in [7, 11) is 0. The summed E-state index contributed by atoms with van der Waals surface area (Å²) in [5, 5.41) is 9.56. The zero-order chi connectivity index (χ0) is 16.8. The van der Waals surface area contributed by atoms with Crippen LogP contribution in [0.15, 0.2) is 28.7 Å². The molecule has 1 fully saturated rings. The van der Waals surface area contributed by atoms with E-state index in [1.54, 1.807) is 6.92 Å². The summed E-state index contributed by atoms with van der Waals surface area (Å²) in [5.74, 6) is -0.323. The third-order valence-corrected chi connectivity index (χ3v) is 4.73. The molecule has 0 radical (unpaired) electrons. The number of nitrogens with zero attached hydrogens (tertiary/aromatic N) is 2. The van der Waals surface area contributed by atoms with Crippen molar-refractivity contribution in [3.63, 3.8) is 0 Å². The van der Waals surface area contributed by atoms with E-state index in [4.69, 9.17) is 4.42 Å². The zero-order valence-corrected chi connectivity index (χ0v) is 13.4.